The number of likely N-dealkylation sites (tertiary alicyclic amines) is 1. The summed E-state index contributed by atoms with van der Waals surface area (Å²) in [6.45, 7) is 4.82. The highest BCUT2D eigenvalue weighted by Gasteiger charge is 2.24. The molecule has 0 aliphatic carbocycles. The number of aromatic nitrogens is 3. The van der Waals surface area contributed by atoms with Crippen LogP contribution in [0, 0.1) is 5.92 Å². The number of pyridine rings is 1. The molecule has 1 amide bonds. The minimum atomic E-state index is 0.123. The van der Waals surface area contributed by atoms with Gasteiger partial charge >= 0.3 is 0 Å². The second-order valence-electron chi connectivity index (χ2n) is 5.82. The lowest BCUT2D eigenvalue weighted by Crippen LogP contribution is -2.39. The Bertz CT molecular complexity index is 615. The predicted octanol–water partition coefficient (Wildman–Crippen LogP) is 2.39. The molecule has 0 unspecified atom stereocenters. The SMILES string of the molecule is CCc1nccn1CC1CCN(C(=O)c2ccncc2)CC1. The molecule has 0 bridgehead atoms. The molecule has 0 N–H and O–H groups in total. The van der Waals surface area contributed by atoms with Crippen LogP contribution < -0.4 is 0 Å². The minimum absolute atomic E-state index is 0.123. The van der Waals surface area contributed by atoms with Crippen molar-refractivity contribution in [1.82, 2.24) is 19.4 Å². The second kappa shape index (κ2) is 6.73. The zero-order valence-corrected chi connectivity index (χ0v) is 13.0. The second-order valence-corrected chi connectivity index (χ2v) is 5.82. The van der Waals surface area contributed by atoms with E-state index in [1.54, 1.807) is 24.5 Å². The van der Waals surface area contributed by atoms with Crippen molar-refractivity contribution >= 4 is 5.91 Å². The highest BCUT2D eigenvalue weighted by atomic mass is 16.2. The van der Waals surface area contributed by atoms with E-state index >= 15 is 0 Å². The predicted molar refractivity (Wildman–Crippen MR) is 84.5 cm³/mol. The summed E-state index contributed by atoms with van der Waals surface area (Å²) in [5.41, 5.74) is 0.733. The Labute approximate surface area is 131 Å². The van der Waals surface area contributed by atoms with Gasteiger partial charge in [-0.3, -0.25) is 9.78 Å². The summed E-state index contributed by atoms with van der Waals surface area (Å²) in [5.74, 6) is 1.90. The molecule has 1 aliphatic heterocycles. The Morgan fingerprint density at radius 1 is 1.23 bits per heavy atom. The molecule has 5 heteroatoms. The van der Waals surface area contributed by atoms with Gasteiger partial charge in [-0.25, -0.2) is 4.98 Å². The standard InChI is InChI=1S/C17H22N4O/c1-2-16-19-9-12-21(16)13-14-5-10-20(11-6-14)17(22)15-3-7-18-8-4-15/h3-4,7-9,12,14H,2,5-6,10-11,13H2,1H3. The molecule has 0 atom stereocenters. The van der Waals surface area contributed by atoms with Gasteiger partial charge < -0.3 is 9.47 Å². The Balaban J connectivity index is 1.55. The van der Waals surface area contributed by atoms with Crippen molar-refractivity contribution in [1.29, 1.82) is 0 Å². The van der Waals surface area contributed by atoms with E-state index < -0.39 is 0 Å². The fraction of sp³-hybridized carbons (Fsp3) is 0.471. The number of hydrogen-bond donors (Lipinski definition) is 0. The molecule has 0 spiro atoms. The van der Waals surface area contributed by atoms with Gasteiger partial charge in [-0.05, 0) is 30.9 Å². The van der Waals surface area contributed by atoms with E-state index in [9.17, 15) is 4.79 Å². The number of amides is 1. The maximum Gasteiger partial charge on any atom is 0.253 e. The molecule has 0 saturated carbocycles. The normalized spacial score (nSPS) is 16.0. The first-order valence-corrected chi connectivity index (χ1v) is 7.97. The smallest absolute Gasteiger partial charge is 0.253 e. The highest BCUT2D eigenvalue weighted by molar-refractivity contribution is 5.94. The summed E-state index contributed by atoms with van der Waals surface area (Å²) >= 11 is 0. The number of piperidine rings is 1. The lowest BCUT2D eigenvalue weighted by atomic mass is 9.96. The number of nitrogens with zero attached hydrogens (tertiary/aromatic N) is 4. The Kier molecular flexibility index (Phi) is 4.51. The van der Waals surface area contributed by atoms with E-state index in [2.05, 4.69) is 27.7 Å². The summed E-state index contributed by atoms with van der Waals surface area (Å²) in [6, 6.07) is 3.57. The molecular formula is C17H22N4O. The van der Waals surface area contributed by atoms with Crippen LogP contribution in [-0.4, -0.2) is 38.4 Å². The van der Waals surface area contributed by atoms with Gasteiger partial charge in [0.2, 0.25) is 0 Å². The monoisotopic (exact) mass is 298 g/mol. The first kappa shape index (κ1) is 14.8. The Morgan fingerprint density at radius 3 is 2.64 bits per heavy atom. The van der Waals surface area contributed by atoms with Crippen LogP contribution in [-0.2, 0) is 13.0 Å². The summed E-state index contributed by atoms with van der Waals surface area (Å²) in [6.07, 6.45) is 10.4. The van der Waals surface area contributed by atoms with Crippen molar-refractivity contribution in [3.8, 4) is 0 Å². The summed E-state index contributed by atoms with van der Waals surface area (Å²) < 4.78 is 2.25. The highest BCUT2D eigenvalue weighted by Crippen LogP contribution is 2.21. The average Bonchev–Trinajstić information content (AvgIpc) is 3.03. The number of aryl methyl sites for hydroxylation is 1. The molecule has 22 heavy (non-hydrogen) atoms. The Hall–Kier alpha value is -2.17. The van der Waals surface area contributed by atoms with E-state index in [1.807, 2.05) is 11.1 Å². The number of carbonyl (C=O) groups is 1. The molecule has 3 rings (SSSR count). The van der Waals surface area contributed by atoms with Gasteiger partial charge in [-0.1, -0.05) is 6.92 Å². The molecule has 5 nitrogen and oxygen atoms in total. The van der Waals surface area contributed by atoms with Crippen molar-refractivity contribution in [2.24, 2.45) is 5.92 Å². The fourth-order valence-corrected chi connectivity index (χ4v) is 3.09. The third-order valence-electron chi connectivity index (χ3n) is 4.40. The largest absolute Gasteiger partial charge is 0.339 e. The third-order valence-corrected chi connectivity index (χ3v) is 4.40. The number of imidazole rings is 1. The van der Waals surface area contributed by atoms with Crippen LogP contribution in [0.15, 0.2) is 36.9 Å². The van der Waals surface area contributed by atoms with Crippen molar-refractivity contribution < 1.29 is 4.79 Å². The number of rotatable bonds is 4. The van der Waals surface area contributed by atoms with Crippen LogP contribution in [0.4, 0.5) is 0 Å². The van der Waals surface area contributed by atoms with Crippen LogP contribution in [0.1, 0.15) is 35.9 Å². The van der Waals surface area contributed by atoms with Crippen molar-refractivity contribution in [2.75, 3.05) is 13.1 Å². The summed E-state index contributed by atoms with van der Waals surface area (Å²) in [7, 11) is 0. The third kappa shape index (κ3) is 3.18. The Morgan fingerprint density at radius 2 is 1.95 bits per heavy atom. The molecule has 0 radical (unpaired) electrons. The number of carbonyl (C=O) groups excluding carboxylic acids is 1. The fourth-order valence-electron chi connectivity index (χ4n) is 3.09. The summed E-state index contributed by atoms with van der Waals surface area (Å²) in [4.78, 5) is 22.7. The molecular weight excluding hydrogens is 276 g/mol. The van der Waals surface area contributed by atoms with E-state index in [4.69, 9.17) is 0 Å². The van der Waals surface area contributed by atoms with E-state index in [-0.39, 0.29) is 5.91 Å². The molecule has 0 aromatic carbocycles. The van der Waals surface area contributed by atoms with E-state index in [0.29, 0.717) is 5.92 Å². The molecule has 1 fully saturated rings. The lowest BCUT2D eigenvalue weighted by Gasteiger charge is -2.32. The van der Waals surface area contributed by atoms with E-state index in [1.165, 1.54) is 0 Å². The van der Waals surface area contributed by atoms with Gasteiger partial charge in [0, 0.05) is 56.4 Å². The van der Waals surface area contributed by atoms with Crippen molar-refractivity contribution in [3.63, 3.8) is 0 Å². The zero-order valence-electron chi connectivity index (χ0n) is 13.0. The molecule has 2 aromatic heterocycles. The molecule has 1 saturated heterocycles. The van der Waals surface area contributed by atoms with Crippen LogP contribution in [0.2, 0.25) is 0 Å². The van der Waals surface area contributed by atoms with E-state index in [0.717, 1.165) is 50.3 Å². The van der Waals surface area contributed by atoms with Gasteiger partial charge in [0.05, 0.1) is 0 Å². The molecule has 3 heterocycles. The number of hydrogen-bond acceptors (Lipinski definition) is 3. The molecule has 116 valence electrons. The van der Waals surface area contributed by atoms with Crippen molar-refractivity contribution in [3.05, 3.63) is 48.3 Å². The average molecular weight is 298 g/mol. The van der Waals surface area contributed by atoms with Crippen LogP contribution in [0.25, 0.3) is 0 Å². The van der Waals surface area contributed by atoms with Gasteiger partial charge in [-0.15, -0.1) is 0 Å². The first-order valence-electron chi connectivity index (χ1n) is 7.97. The van der Waals surface area contributed by atoms with Gasteiger partial charge in [0.25, 0.3) is 5.91 Å². The zero-order chi connectivity index (χ0) is 15.4. The van der Waals surface area contributed by atoms with Crippen molar-refractivity contribution in [2.45, 2.75) is 32.7 Å². The van der Waals surface area contributed by atoms with Crippen LogP contribution >= 0.6 is 0 Å². The van der Waals surface area contributed by atoms with Gasteiger partial charge in [0.1, 0.15) is 5.82 Å². The van der Waals surface area contributed by atoms with Crippen LogP contribution in [0.5, 0.6) is 0 Å². The van der Waals surface area contributed by atoms with Crippen LogP contribution in [0.3, 0.4) is 0 Å². The van der Waals surface area contributed by atoms with Gasteiger partial charge in [-0.2, -0.15) is 0 Å². The first-order chi connectivity index (χ1) is 10.8. The molecule has 1 aliphatic rings. The lowest BCUT2D eigenvalue weighted by molar-refractivity contribution is 0.0682. The van der Waals surface area contributed by atoms with Gasteiger partial charge in [0.15, 0.2) is 0 Å². The quantitative estimate of drug-likeness (QED) is 0.871. The summed E-state index contributed by atoms with van der Waals surface area (Å²) in [5, 5.41) is 0. The minimum Gasteiger partial charge on any atom is -0.339 e. The molecule has 2 aromatic rings. The topological polar surface area (TPSA) is 51.0 Å². The maximum atomic E-state index is 12.4. The maximum absolute atomic E-state index is 12.4.